The van der Waals surface area contributed by atoms with Crippen LogP contribution < -0.4 is 10.6 Å². The Balaban J connectivity index is 1.83. The summed E-state index contributed by atoms with van der Waals surface area (Å²) in [6.45, 7) is 3.04. The van der Waals surface area contributed by atoms with Gasteiger partial charge in [0.25, 0.3) is 0 Å². The second-order valence-electron chi connectivity index (χ2n) is 3.27. The lowest BCUT2D eigenvalue weighted by Gasteiger charge is -2.27. The molecule has 0 saturated carbocycles. The molecule has 2 N–H and O–H groups in total. The minimum absolute atomic E-state index is 0.295. The zero-order chi connectivity index (χ0) is 9.10. The van der Waals surface area contributed by atoms with Crippen LogP contribution in [-0.2, 0) is 0 Å². The molecule has 1 saturated heterocycles. The molecule has 13 heavy (non-hydrogen) atoms. The van der Waals surface area contributed by atoms with E-state index in [0.29, 0.717) is 5.92 Å². The van der Waals surface area contributed by atoms with Gasteiger partial charge in [-0.2, -0.15) is 0 Å². The van der Waals surface area contributed by atoms with Crippen molar-refractivity contribution in [3.05, 3.63) is 24.1 Å². The van der Waals surface area contributed by atoms with Gasteiger partial charge in [0, 0.05) is 25.6 Å². The van der Waals surface area contributed by atoms with Gasteiger partial charge in [-0.05, 0) is 12.1 Å². The molecule has 1 aliphatic rings. The summed E-state index contributed by atoms with van der Waals surface area (Å²) >= 11 is 0. The largest absolute Gasteiger partial charge is 0.370 e. The quantitative estimate of drug-likeness (QED) is 0.726. The highest BCUT2D eigenvalue weighted by Crippen LogP contribution is 2.07. The number of halogens is 1. The van der Waals surface area contributed by atoms with Crippen LogP contribution in [0.3, 0.4) is 0 Å². The Bertz CT molecular complexity index is 269. The number of hydrogen-bond donors (Lipinski definition) is 2. The van der Waals surface area contributed by atoms with Gasteiger partial charge in [-0.25, -0.2) is 9.37 Å². The Morgan fingerprint density at radius 2 is 2.38 bits per heavy atom. The third kappa shape index (κ3) is 2.15. The number of anilines is 1. The van der Waals surface area contributed by atoms with Crippen LogP contribution in [-0.4, -0.2) is 24.6 Å². The highest BCUT2D eigenvalue weighted by atomic mass is 19.1. The van der Waals surface area contributed by atoms with Crippen LogP contribution in [0.2, 0.25) is 0 Å². The molecular formula is C9H12FN3. The van der Waals surface area contributed by atoms with Gasteiger partial charge in [-0.15, -0.1) is 0 Å². The first-order chi connectivity index (χ1) is 6.34. The van der Waals surface area contributed by atoms with Gasteiger partial charge >= 0.3 is 0 Å². The van der Waals surface area contributed by atoms with Crippen molar-refractivity contribution in [1.82, 2.24) is 10.3 Å². The number of aromatic nitrogens is 1. The fourth-order valence-electron chi connectivity index (χ4n) is 1.22. The molecule has 0 unspecified atom stereocenters. The van der Waals surface area contributed by atoms with Gasteiger partial charge in [-0.3, -0.25) is 0 Å². The van der Waals surface area contributed by atoms with Crippen molar-refractivity contribution in [3.8, 4) is 0 Å². The SMILES string of the molecule is Fc1ccc(NCC2CNC2)nc1. The lowest BCUT2D eigenvalue weighted by molar-refractivity contribution is 0.365. The number of hydrogen-bond acceptors (Lipinski definition) is 3. The number of pyridine rings is 1. The monoisotopic (exact) mass is 181 g/mol. The summed E-state index contributed by atoms with van der Waals surface area (Å²) in [5.41, 5.74) is 0. The molecule has 2 heterocycles. The normalized spacial score (nSPS) is 16.7. The van der Waals surface area contributed by atoms with Crippen LogP contribution in [0, 0.1) is 11.7 Å². The van der Waals surface area contributed by atoms with Gasteiger partial charge < -0.3 is 10.6 Å². The maximum atomic E-state index is 12.5. The van der Waals surface area contributed by atoms with Crippen molar-refractivity contribution in [2.75, 3.05) is 25.0 Å². The molecule has 1 aromatic rings. The van der Waals surface area contributed by atoms with E-state index in [1.165, 1.54) is 12.3 Å². The summed E-state index contributed by atoms with van der Waals surface area (Å²) in [5.74, 6) is 1.14. The topological polar surface area (TPSA) is 37.0 Å². The predicted molar refractivity (Wildman–Crippen MR) is 49.0 cm³/mol. The molecule has 0 radical (unpaired) electrons. The lowest BCUT2D eigenvalue weighted by atomic mass is 10.0. The fourth-order valence-corrected chi connectivity index (χ4v) is 1.22. The van der Waals surface area contributed by atoms with Crippen molar-refractivity contribution in [2.45, 2.75) is 0 Å². The molecule has 1 aliphatic heterocycles. The predicted octanol–water partition coefficient (Wildman–Crippen LogP) is 0.852. The van der Waals surface area contributed by atoms with Gasteiger partial charge in [0.2, 0.25) is 0 Å². The van der Waals surface area contributed by atoms with Crippen molar-refractivity contribution in [1.29, 1.82) is 0 Å². The van der Waals surface area contributed by atoms with Gasteiger partial charge in [0.1, 0.15) is 11.6 Å². The van der Waals surface area contributed by atoms with E-state index in [1.807, 2.05) is 0 Å². The van der Waals surface area contributed by atoms with Gasteiger partial charge in [0.15, 0.2) is 0 Å². The molecule has 0 atom stereocenters. The Labute approximate surface area is 76.4 Å². The van der Waals surface area contributed by atoms with Crippen LogP contribution in [0.4, 0.5) is 10.2 Å². The second-order valence-corrected chi connectivity index (χ2v) is 3.27. The summed E-state index contributed by atoms with van der Waals surface area (Å²) in [4.78, 5) is 3.90. The average Bonchev–Trinajstić information content (AvgIpc) is 2.05. The summed E-state index contributed by atoms with van der Waals surface area (Å²) < 4.78 is 12.5. The third-order valence-corrected chi connectivity index (χ3v) is 2.17. The first-order valence-corrected chi connectivity index (χ1v) is 4.41. The molecule has 0 spiro atoms. The molecular weight excluding hydrogens is 169 g/mol. The molecule has 0 aliphatic carbocycles. The highest BCUT2D eigenvalue weighted by Gasteiger charge is 2.15. The highest BCUT2D eigenvalue weighted by molar-refractivity contribution is 5.33. The van der Waals surface area contributed by atoms with E-state index in [9.17, 15) is 4.39 Å². The molecule has 2 rings (SSSR count). The Hall–Kier alpha value is -1.16. The van der Waals surface area contributed by atoms with E-state index < -0.39 is 0 Å². The smallest absolute Gasteiger partial charge is 0.141 e. The summed E-state index contributed by atoms with van der Waals surface area (Å²) in [6, 6.07) is 3.07. The van der Waals surface area contributed by atoms with E-state index in [-0.39, 0.29) is 5.82 Å². The van der Waals surface area contributed by atoms with Crippen LogP contribution in [0.5, 0.6) is 0 Å². The molecule has 0 amide bonds. The van der Waals surface area contributed by atoms with E-state index in [0.717, 1.165) is 25.5 Å². The van der Waals surface area contributed by atoms with E-state index in [4.69, 9.17) is 0 Å². The minimum Gasteiger partial charge on any atom is -0.370 e. The standard InChI is InChI=1S/C9H12FN3/c10-8-1-2-9(13-6-8)12-5-7-3-11-4-7/h1-2,6-7,11H,3-5H2,(H,12,13). The average molecular weight is 181 g/mol. The summed E-state index contributed by atoms with van der Waals surface area (Å²) in [6.07, 6.45) is 1.22. The van der Waals surface area contributed by atoms with E-state index in [1.54, 1.807) is 6.07 Å². The Morgan fingerprint density at radius 3 is 2.92 bits per heavy atom. The minimum atomic E-state index is -0.295. The molecule has 4 heteroatoms. The van der Waals surface area contributed by atoms with E-state index >= 15 is 0 Å². The van der Waals surface area contributed by atoms with Gasteiger partial charge in [-0.1, -0.05) is 0 Å². The van der Waals surface area contributed by atoms with Crippen LogP contribution in [0.15, 0.2) is 18.3 Å². The Kier molecular flexibility index (Phi) is 2.40. The lowest BCUT2D eigenvalue weighted by Crippen LogP contribution is -2.45. The van der Waals surface area contributed by atoms with Crippen molar-refractivity contribution in [2.24, 2.45) is 5.92 Å². The molecule has 1 fully saturated rings. The summed E-state index contributed by atoms with van der Waals surface area (Å²) in [5, 5.41) is 6.34. The molecule has 0 aromatic carbocycles. The second kappa shape index (κ2) is 3.70. The molecule has 3 nitrogen and oxygen atoms in total. The number of nitrogens with zero attached hydrogens (tertiary/aromatic N) is 1. The van der Waals surface area contributed by atoms with Crippen molar-refractivity contribution in [3.63, 3.8) is 0 Å². The number of nitrogens with one attached hydrogen (secondary N) is 2. The van der Waals surface area contributed by atoms with E-state index in [2.05, 4.69) is 15.6 Å². The maximum Gasteiger partial charge on any atom is 0.141 e. The van der Waals surface area contributed by atoms with Crippen LogP contribution >= 0.6 is 0 Å². The third-order valence-electron chi connectivity index (χ3n) is 2.17. The van der Waals surface area contributed by atoms with Crippen LogP contribution in [0.1, 0.15) is 0 Å². The molecule has 1 aromatic heterocycles. The number of rotatable bonds is 3. The fraction of sp³-hybridized carbons (Fsp3) is 0.444. The van der Waals surface area contributed by atoms with Gasteiger partial charge in [0.05, 0.1) is 6.20 Å². The zero-order valence-electron chi connectivity index (χ0n) is 7.26. The zero-order valence-corrected chi connectivity index (χ0v) is 7.26. The Morgan fingerprint density at radius 1 is 1.54 bits per heavy atom. The maximum absolute atomic E-state index is 12.5. The first-order valence-electron chi connectivity index (χ1n) is 4.41. The van der Waals surface area contributed by atoms with Crippen LogP contribution in [0.25, 0.3) is 0 Å². The molecule has 70 valence electrons. The van der Waals surface area contributed by atoms with Crippen molar-refractivity contribution < 1.29 is 4.39 Å². The first kappa shape index (κ1) is 8.44. The molecule has 0 bridgehead atoms. The summed E-state index contributed by atoms with van der Waals surface area (Å²) in [7, 11) is 0. The van der Waals surface area contributed by atoms with Crippen molar-refractivity contribution >= 4 is 5.82 Å².